The Morgan fingerprint density at radius 1 is 1.37 bits per heavy atom. The number of methoxy groups -OCH3 is 1. The van der Waals surface area contributed by atoms with Gasteiger partial charge < -0.3 is 10.1 Å². The van der Waals surface area contributed by atoms with Crippen molar-refractivity contribution >= 4 is 5.91 Å². The number of tetrazole rings is 1. The summed E-state index contributed by atoms with van der Waals surface area (Å²) >= 11 is 0. The van der Waals surface area contributed by atoms with Crippen molar-refractivity contribution in [2.75, 3.05) is 7.11 Å². The Morgan fingerprint density at radius 3 is 2.68 bits per heavy atom. The van der Waals surface area contributed by atoms with Crippen molar-refractivity contribution < 1.29 is 9.53 Å². The van der Waals surface area contributed by atoms with Gasteiger partial charge in [-0.15, -0.1) is 15.3 Å². The molecule has 2 aromatic rings. The van der Waals surface area contributed by atoms with Gasteiger partial charge in [-0.2, -0.15) is 0 Å². The molecule has 0 aliphatic carbocycles. The highest BCUT2D eigenvalue weighted by molar-refractivity contribution is 5.92. The lowest BCUT2D eigenvalue weighted by atomic mass is 10.3. The highest BCUT2D eigenvalue weighted by Gasteiger charge is 2.17. The minimum atomic E-state index is -0.356. The SMILES string of the molecule is COc1ccc(C(=O)N[C@H](C)c2nnnn2C)nn1. The zero-order valence-corrected chi connectivity index (χ0v) is 10.7. The molecule has 0 spiro atoms. The maximum atomic E-state index is 11.9. The second-order valence-corrected chi connectivity index (χ2v) is 3.82. The summed E-state index contributed by atoms with van der Waals surface area (Å²) < 4.78 is 6.36. The molecule has 0 saturated carbocycles. The predicted octanol–water partition coefficient (Wildman–Crippen LogP) is -0.500. The van der Waals surface area contributed by atoms with E-state index in [0.717, 1.165) is 0 Å². The molecular formula is C10H13N7O2. The van der Waals surface area contributed by atoms with Crippen LogP contribution in [0.5, 0.6) is 5.88 Å². The molecule has 9 heteroatoms. The standard InChI is InChI=1S/C10H13N7O2/c1-6(9-14-15-16-17(9)2)11-10(18)7-4-5-8(19-3)13-12-7/h4-6H,1-3H3,(H,11,18)/t6-/m1/s1. The zero-order chi connectivity index (χ0) is 13.8. The minimum Gasteiger partial charge on any atom is -0.480 e. The molecule has 1 N–H and O–H groups in total. The molecule has 0 unspecified atom stereocenters. The molecule has 1 amide bonds. The lowest BCUT2D eigenvalue weighted by Gasteiger charge is -2.11. The van der Waals surface area contributed by atoms with Crippen LogP contribution in [0.2, 0.25) is 0 Å². The van der Waals surface area contributed by atoms with Gasteiger partial charge in [-0.3, -0.25) is 4.79 Å². The van der Waals surface area contributed by atoms with Crippen molar-refractivity contribution in [3.8, 4) is 5.88 Å². The van der Waals surface area contributed by atoms with Gasteiger partial charge in [-0.1, -0.05) is 0 Å². The van der Waals surface area contributed by atoms with Gasteiger partial charge in [0.1, 0.15) is 0 Å². The number of rotatable bonds is 4. The van der Waals surface area contributed by atoms with E-state index in [1.165, 1.54) is 17.9 Å². The van der Waals surface area contributed by atoms with E-state index in [9.17, 15) is 4.79 Å². The Balaban J connectivity index is 2.06. The summed E-state index contributed by atoms with van der Waals surface area (Å²) in [6.45, 7) is 1.78. The third-order valence-corrected chi connectivity index (χ3v) is 2.47. The molecule has 0 aliphatic heterocycles. The molecule has 19 heavy (non-hydrogen) atoms. The number of nitrogens with one attached hydrogen (secondary N) is 1. The van der Waals surface area contributed by atoms with Crippen LogP contribution in [0.15, 0.2) is 12.1 Å². The molecule has 100 valence electrons. The predicted molar refractivity (Wildman–Crippen MR) is 63.3 cm³/mol. The van der Waals surface area contributed by atoms with Gasteiger partial charge in [0.15, 0.2) is 11.5 Å². The summed E-state index contributed by atoms with van der Waals surface area (Å²) in [7, 11) is 3.18. The minimum absolute atomic E-state index is 0.197. The summed E-state index contributed by atoms with van der Waals surface area (Å²) in [4.78, 5) is 11.9. The van der Waals surface area contributed by atoms with Crippen molar-refractivity contribution in [2.24, 2.45) is 7.05 Å². The van der Waals surface area contributed by atoms with Crippen molar-refractivity contribution in [2.45, 2.75) is 13.0 Å². The van der Waals surface area contributed by atoms with E-state index in [2.05, 4.69) is 31.0 Å². The monoisotopic (exact) mass is 263 g/mol. The van der Waals surface area contributed by atoms with Crippen LogP contribution in [0, 0.1) is 0 Å². The van der Waals surface area contributed by atoms with Gasteiger partial charge in [0.2, 0.25) is 5.88 Å². The Hall–Kier alpha value is -2.58. The first-order valence-electron chi connectivity index (χ1n) is 5.52. The van der Waals surface area contributed by atoms with Gasteiger partial charge in [0, 0.05) is 13.1 Å². The van der Waals surface area contributed by atoms with E-state index >= 15 is 0 Å². The molecule has 9 nitrogen and oxygen atoms in total. The lowest BCUT2D eigenvalue weighted by Crippen LogP contribution is -2.29. The number of nitrogens with zero attached hydrogens (tertiary/aromatic N) is 6. The van der Waals surface area contributed by atoms with Gasteiger partial charge in [-0.05, 0) is 23.4 Å². The van der Waals surface area contributed by atoms with Crippen LogP contribution in [-0.4, -0.2) is 43.4 Å². The van der Waals surface area contributed by atoms with Gasteiger partial charge in [0.05, 0.1) is 13.2 Å². The highest BCUT2D eigenvalue weighted by atomic mass is 16.5. The normalized spacial score (nSPS) is 11.9. The number of aromatic nitrogens is 6. The number of carbonyl (C=O) groups is 1. The van der Waals surface area contributed by atoms with E-state index in [0.29, 0.717) is 11.7 Å². The fourth-order valence-electron chi connectivity index (χ4n) is 1.49. The smallest absolute Gasteiger partial charge is 0.272 e. The first-order chi connectivity index (χ1) is 9.11. The van der Waals surface area contributed by atoms with Crippen LogP contribution in [0.1, 0.15) is 29.3 Å². The third-order valence-electron chi connectivity index (χ3n) is 2.47. The molecular weight excluding hydrogens is 250 g/mol. The molecule has 2 rings (SSSR count). The van der Waals surface area contributed by atoms with Crippen molar-refractivity contribution in [1.82, 2.24) is 35.7 Å². The molecule has 0 aromatic carbocycles. The van der Waals surface area contributed by atoms with E-state index in [1.54, 1.807) is 20.0 Å². The molecule has 0 radical (unpaired) electrons. The zero-order valence-electron chi connectivity index (χ0n) is 10.7. The fraction of sp³-hybridized carbons (Fsp3) is 0.400. The molecule has 0 saturated heterocycles. The topological polar surface area (TPSA) is 108 Å². The Bertz CT molecular complexity index is 566. The van der Waals surface area contributed by atoms with Crippen LogP contribution < -0.4 is 10.1 Å². The van der Waals surface area contributed by atoms with Crippen molar-refractivity contribution in [3.05, 3.63) is 23.7 Å². The maximum absolute atomic E-state index is 11.9. The number of aryl methyl sites for hydroxylation is 1. The first-order valence-corrected chi connectivity index (χ1v) is 5.52. The van der Waals surface area contributed by atoms with Crippen LogP contribution in [0.25, 0.3) is 0 Å². The molecule has 0 bridgehead atoms. The highest BCUT2D eigenvalue weighted by Crippen LogP contribution is 2.08. The molecule has 1 atom stereocenters. The molecule has 0 fully saturated rings. The Kier molecular flexibility index (Phi) is 3.64. The fourth-order valence-corrected chi connectivity index (χ4v) is 1.49. The first kappa shape index (κ1) is 12.9. The van der Waals surface area contributed by atoms with Crippen LogP contribution in [-0.2, 0) is 7.05 Å². The number of carbonyl (C=O) groups excluding carboxylic acids is 1. The number of hydrogen-bond donors (Lipinski definition) is 1. The Morgan fingerprint density at radius 2 is 2.16 bits per heavy atom. The average Bonchev–Trinajstić information content (AvgIpc) is 2.85. The number of ether oxygens (including phenoxy) is 1. The van der Waals surface area contributed by atoms with E-state index < -0.39 is 0 Å². The summed E-state index contributed by atoms with van der Waals surface area (Å²) in [5.74, 6) is 0.544. The quantitative estimate of drug-likeness (QED) is 0.792. The second kappa shape index (κ2) is 5.38. The summed E-state index contributed by atoms with van der Waals surface area (Å²) in [5.41, 5.74) is 0.197. The van der Waals surface area contributed by atoms with Crippen molar-refractivity contribution in [3.63, 3.8) is 0 Å². The summed E-state index contributed by atoms with van der Waals surface area (Å²) in [6.07, 6.45) is 0. The Labute approximate surface area is 109 Å². The van der Waals surface area contributed by atoms with E-state index in [1.807, 2.05) is 0 Å². The largest absolute Gasteiger partial charge is 0.480 e. The third kappa shape index (κ3) is 2.81. The molecule has 0 aliphatic rings. The summed E-state index contributed by atoms with van der Waals surface area (Å²) in [5, 5.41) is 21.3. The molecule has 2 heterocycles. The van der Waals surface area contributed by atoms with Crippen molar-refractivity contribution in [1.29, 1.82) is 0 Å². The number of amides is 1. The van der Waals surface area contributed by atoms with Gasteiger partial charge in [0.25, 0.3) is 5.91 Å². The van der Waals surface area contributed by atoms with Crippen LogP contribution in [0.3, 0.4) is 0 Å². The van der Waals surface area contributed by atoms with E-state index in [-0.39, 0.29) is 17.6 Å². The lowest BCUT2D eigenvalue weighted by molar-refractivity contribution is 0.0931. The van der Waals surface area contributed by atoms with Gasteiger partial charge in [-0.25, -0.2) is 4.68 Å². The van der Waals surface area contributed by atoms with Gasteiger partial charge >= 0.3 is 0 Å². The van der Waals surface area contributed by atoms with E-state index in [4.69, 9.17) is 4.74 Å². The second-order valence-electron chi connectivity index (χ2n) is 3.82. The summed E-state index contributed by atoms with van der Waals surface area (Å²) in [6, 6.07) is 2.76. The van der Waals surface area contributed by atoms with Crippen LogP contribution in [0.4, 0.5) is 0 Å². The average molecular weight is 263 g/mol. The molecule has 2 aromatic heterocycles. The number of hydrogen-bond acceptors (Lipinski definition) is 7. The maximum Gasteiger partial charge on any atom is 0.272 e. The van der Waals surface area contributed by atoms with Crippen LogP contribution >= 0.6 is 0 Å².